The molecule has 4 rings (SSSR count). The Balaban J connectivity index is 1.34. The van der Waals surface area contributed by atoms with Crippen molar-refractivity contribution in [1.29, 1.82) is 0 Å². The molecule has 3 heterocycles. The van der Waals surface area contributed by atoms with Gasteiger partial charge in [0.25, 0.3) is 0 Å². The molecular formula is C21H24N4O4. The van der Waals surface area contributed by atoms with Gasteiger partial charge < -0.3 is 14.9 Å². The van der Waals surface area contributed by atoms with Crippen molar-refractivity contribution in [1.82, 2.24) is 15.2 Å². The molecule has 0 spiro atoms. The van der Waals surface area contributed by atoms with Crippen molar-refractivity contribution in [2.24, 2.45) is 11.1 Å². The zero-order chi connectivity index (χ0) is 20.2. The summed E-state index contributed by atoms with van der Waals surface area (Å²) in [6.45, 7) is 3.00. The Bertz CT molecular complexity index is 924. The van der Waals surface area contributed by atoms with E-state index in [1.165, 1.54) is 4.90 Å². The Hall–Kier alpha value is -3.16. The van der Waals surface area contributed by atoms with E-state index in [-0.39, 0.29) is 24.5 Å². The summed E-state index contributed by atoms with van der Waals surface area (Å²) in [5.74, 6) is 0.0425. The number of likely N-dealkylation sites (tertiary alicyclic amines) is 1. The van der Waals surface area contributed by atoms with Crippen LogP contribution in [0.1, 0.15) is 25.3 Å². The molecule has 2 amide bonds. The standard InChI is InChI=1S/C21H24N4O4/c1-14-8-19(20(26)23-11-17-6-7-24-29-17)25(12-14)21(27)28-13-15-9-16-4-2-3-5-18(16)22-10-15/h2-5,7,9-10,14,17,19H,6,8,11-13H2,1H3,(H,23,26). The van der Waals surface area contributed by atoms with Crippen LogP contribution in [0, 0.1) is 5.92 Å². The monoisotopic (exact) mass is 396 g/mol. The number of carbonyl (C=O) groups excluding carboxylic acids is 2. The van der Waals surface area contributed by atoms with E-state index in [1.807, 2.05) is 37.3 Å². The fourth-order valence-corrected chi connectivity index (χ4v) is 3.71. The van der Waals surface area contributed by atoms with Gasteiger partial charge in [-0.25, -0.2) is 4.79 Å². The second-order valence-corrected chi connectivity index (χ2v) is 7.60. The van der Waals surface area contributed by atoms with Gasteiger partial charge in [0, 0.05) is 36.3 Å². The lowest BCUT2D eigenvalue weighted by atomic mass is 10.1. The third-order valence-corrected chi connectivity index (χ3v) is 5.21. The molecule has 1 aromatic carbocycles. The van der Waals surface area contributed by atoms with Crippen LogP contribution in [0.3, 0.4) is 0 Å². The van der Waals surface area contributed by atoms with E-state index >= 15 is 0 Å². The summed E-state index contributed by atoms with van der Waals surface area (Å²) in [5.41, 5.74) is 1.70. The molecule has 3 atom stereocenters. The lowest BCUT2D eigenvalue weighted by Gasteiger charge is -2.23. The zero-order valence-electron chi connectivity index (χ0n) is 16.3. The van der Waals surface area contributed by atoms with Gasteiger partial charge in [-0.2, -0.15) is 0 Å². The largest absolute Gasteiger partial charge is 0.444 e. The summed E-state index contributed by atoms with van der Waals surface area (Å²) < 4.78 is 5.49. The number of rotatable bonds is 5. The van der Waals surface area contributed by atoms with Crippen molar-refractivity contribution in [2.75, 3.05) is 13.1 Å². The second-order valence-electron chi connectivity index (χ2n) is 7.60. The normalized spacial score (nSPS) is 23.2. The molecular weight excluding hydrogens is 372 g/mol. The highest BCUT2D eigenvalue weighted by molar-refractivity contribution is 5.86. The van der Waals surface area contributed by atoms with E-state index in [1.54, 1.807) is 12.4 Å². The predicted octanol–water partition coefficient (Wildman–Crippen LogP) is 2.47. The highest BCUT2D eigenvalue weighted by atomic mass is 16.6. The minimum absolute atomic E-state index is 0.114. The lowest BCUT2D eigenvalue weighted by Crippen LogP contribution is -2.47. The van der Waals surface area contributed by atoms with Crippen molar-refractivity contribution < 1.29 is 19.2 Å². The fourth-order valence-electron chi connectivity index (χ4n) is 3.71. The molecule has 2 aromatic rings. The molecule has 8 heteroatoms. The minimum Gasteiger partial charge on any atom is -0.444 e. The molecule has 8 nitrogen and oxygen atoms in total. The molecule has 0 bridgehead atoms. The molecule has 0 aliphatic carbocycles. The fraction of sp³-hybridized carbons (Fsp3) is 0.429. The van der Waals surface area contributed by atoms with Gasteiger partial charge in [-0.1, -0.05) is 30.3 Å². The molecule has 1 saturated heterocycles. The first-order valence-electron chi connectivity index (χ1n) is 9.82. The van der Waals surface area contributed by atoms with Crippen LogP contribution in [0.4, 0.5) is 4.79 Å². The number of pyridine rings is 1. The van der Waals surface area contributed by atoms with Gasteiger partial charge in [-0.3, -0.25) is 14.7 Å². The topological polar surface area (TPSA) is 93.1 Å². The molecule has 29 heavy (non-hydrogen) atoms. The summed E-state index contributed by atoms with van der Waals surface area (Å²) in [4.78, 5) is 36.3. The number of hydrogen-bond acceptors (Lipinski definition) is 6. The van der Waals surface area contributed by atoms with E-state index in [9.17, 15) is 9.59 Å². The molecule has 2 aliphatic heterocycles. The van der Waals surface area contributed by atoms with Crippen molar-refractivity contribution >= 4 is 29.1 Å². The molecule has 1 aromatic heterocycles. The average molecular weight is 396 g/mol. The van der Waals surface area contributed by atoms with Crippen molar-refractivity contribution in [3.05, 3.63) is 42.1 Å². The highest BCUT2D eigenvalue weighted by Gasteiger charge is 2.39. The summed E-state index contributed by atoms with van der Waals surface area (Å²) in [5, 5.41) is 7.56. The van der Waals surface area contributed by atoms with E-state index in [0.717, 1.165) is 16.5 Å². The molecule has 1 N–H and O–H groups in total. The molecule has 2 aliphatic rings. The Labute approximate surface area is 168 Å². The van der Waals surface area contributed by atoms with Crippen molar-refractivity contribution in [3.63, 3.8) is 0 Å². The van der Waals surface area contributed by atoms with Crippen LogP contribution in [0.15, 0.2) is 41.7 Å². The first-order chi connectivity index (χ1) is 14.1. The van der Waals surface area contributed by atoms with Crippen LogP contribution >= 0.6 is 0 Å². The first-order valence-corrected chi connectivity index (χ1v) is 9.82. The van der Waals surface area contributed by atoms with Crippen LogP contribution in [-0.4, -0.2) is 53.3 Å². The van der Waals surface area contributed by atoms with Gasteiger partial charge in [0.05, 0.1) is 12.1 Å². The number of hydrogen-bond donors (Lipinski definition) is 1. The minimum atomic E-state index is -0.533. The summed E-state index contributed by atoms with van der Waals surface area (Å²) in [7, 11) is 0. The van der Waals surface area contributed by atoms with Crippen molar-refractivity contribution in [2.45, 2.75) is 38.5 Å². The third-order valence-electron chi connectivity index (χ3n) is 5.21. The summed E-state index contributed by atoms with van der Waals surface area (Å²) in [6.07, 6.45) is 4.05. The SMILES string of the molecule is CC1CC(C(=O)NCC2CC=NO2)N(C(=O)OCc2cnc3ccccc3c2)C1. The third kappa shape index (κ3) is 4.47. The Morgan fingerprint density at radius 3 is 3.03 bits per heavy atom. The average Bonchev–Trinajstić information content (AvgIpc) is 3.39. The van der Waals surface area contributed by atoms with Crippen LogP contribution in [0.25, 0.3) is 10.9 Å². The predicted molar refractivity (Wildman–Crippen MR) is 107 cm³/mol. The number of nitrogens with zero attached hydrogens (tertiary/aromatic N) is 3. The highest BCUT2D eigenvalue weighted by Crippen LogP contribution is 2.24. The molecule has 152 valence electrons. The molecule has 0 saturated carbocycles. The van der Waals surface area contributed by atoms with E-state index in [2.05, 4.69) is 15.5 Å². The second kappa shape index (κ2) is 8.46. The molecule has 0 radical (unpaired) electrons. The number of aromatic nitrogens is 1. The summed E-state index contributed by atoms with van der Waals surface area (Å²) in [6, 6.07) is 9.20. The quantitative estimate of drug-likeness (QED) is 0.838. The zero-order valence-corrected chi connectivity index (χ0v) is 16.3. The lowest BCUT2D eigenvalue weighted by molar-refractivity contribution is -0.125. The number of fused-ring (bicyclic) bond motifs is 1. The number of oxime groups is 1. The Kier molecular flexibility index (Phi) is 5.59. The smallest absolute Gasteiger partial charge is 0.410 e. The maximum atomic E-state index is 12.7. The maximum Gasteiger partial charge on any atom is 0.410 e. The number of carbonyl (C=O) groups is 2. The van der Waals surface area contributed by atoms with E-state index in [0.29, 0.717) is 25.9 Å². The van der Waals surface area contributed by atoms with Gasteiger partial charge in [0.1, 0.15) is 18.8 Å². The van der Waals surface area contributed by atoms with Gasteiger partial charge in [-0.15, -0.1) is 0 Å². The number of nitrogens with one attached hydrogen (secondary N) is 1. The van der Waals surface area contributed by atoms with Crippen LogP contribution < -0.4 is 5.32 Å². The number of para-hydroxylation sites is 1. The van der Waals surface area contributed by atoms with Crippen LogP contribution in [0.5, 0.6) is 0 Å². The van der Waals surface area contributed by atoms with Gasteiger partial charge in [-0.05, 0) is 24.5 Å². The Morgan fingerprint density at radius 2 is 2.21 bits per heavy atom. The summed E-state index contributed by atoms with van der Waals surface area (Å²) >= 11 is 0. The van der Waals surface area contributed by atoms with Gasteiger partial charge in [0.2, 0.25) is 5.91 Å². The number of ether oxygens (including phenoxy) is 1. The number of benzene rings is 1. The van der Waals surface area contributed by atoms with Gasteiger partial charge >= 0.3 is 6.09 Å². The van der Waals surface area contributed by atoms with E-state index in [4.69, 9.17) is 9.57 Å². The van der Waals surface area contributed by atoms with Crippen LogP contribution in [0.2, 0.25) is 0 Å². The first kappa shape index (κ1) is 19.2. The van der Waals surface area contributed by atoms with Crippen LogP contribution in [-0.2, 0) is 21.0 Å². The maximum absolute atomic E-state index is 12.7. The Morgan fingerprint density at radius 1 is 1.34 bits per heavy atom. The van der Waals surface area contributed by atoms with Gasteiger partial charge in [0.15, 0.2) is 0 Å². The van der Waals surface area contributed by atoms with E-state index < -0.39 is 12.1 Å². The molecule has 1 fully saturated rings. The molecule has 3 unspecified atom stereocenters. The van der Waals surface area contributed by atoms with Crippen molar-refractivity contribution in [3.8, 4) is 0 Å². The number of amides is 2.